The van der Waals surface area contributed by atoms with Crippen molar-refractivity contribution in [3.8, 4) is 5.75 Å². The summed E-state index contributed by atoms with van der Waals surface area (Å²) in [6.07, 6.45) is 8.90. The van der Waals surface area contributed by atoms with Crippen molar-refractivity contribution in [1.82, 2.24) is 0 Å². The van der Waals surface area contributed by atoms with E-state index in [0.29, 0.717) is 6.10 Å². The minimum atomic E-state index is -0.0982. The Kier molecular flexibility index (Phi) is 2.83. The van der Waals surface area contributed by atoms with E-state index in [0.717, 1.165) is 18.6 Å². The summed E-state index contributed by atoms with van der Waals surface area (Å²) < 4.78 is 5.94. The molecule has 2 heteroatoms. The molecule has 0 radical (unpaired) electrons. The van der Waals surface area contributed by atoms with Gasteiger partial charge in [0.05, 0.1) is 6.10 Å². The number of hydrogen-bond acceptors (Lipinski definition) is 2. The van der Waals surface area contributed by atoms with Crippen molar-refractivity contribution >= 4 is 0 Å². The largest absolute Gasteiger partial charge is 0.490 e. The van der Waals surface area contributed by atoms with Gasteiger partial charge in [0, 0.05) is 5.54 Å². The summed E-state index contributed by atoms with van der Waals surface area (Å²) >= 11 is 0. The highest BCUT2D eigenvalue weighted by Crippen LogP contribution is 2.37. The lowest BCUT2D eigenvalue weighted by molar-refractivity contribution is 0.120. The summed E-state index contributed by atoms with van der Waals surface area (Å²) in [5, 5.41) is 0. The molecule has 2 saturated carbocycles. The van der Waals surface area contributed by atoms with E-state index in [2.05, 4.69) is 24.3 Å². The van der Waals surface area contributed by atoms with E-state index < -0.39 is 0 Å². The van der Waals surface area contributed by atoms with Gasteiger partial charge in [0.25, 0.3) is 0 Å². The number of nitrogens with two attached hydrogens (primary N) is 1. The minimum Gasteiger partial charge on any atom is -0.490 e. The van der Waals surface area contributed by atoms with Crippen molar-refractivity contribution in [2.75, 3.05) is 0 Å². The van der Waals surface area contributed by atoms with Gasteiger partial charge in [-0.1, -0.05) is 25.0 Å². The SMILES string of the molecule is NC1(c2cccc(OC3CCC3)c2)CCCC1. The molecule has 3 rings (SSSR count). The summed E-state index contributed by atoms with van der Waals surface area (Å²) in [7, 11) is 0. The zero-order chi connectivity index (χ0) is 11.7. The van der Waals surface area contributed by atoms with Crippen LogP contribution in [0.25, 0.3) is 0 Å². The smallest absolute Gasteiger partial charge is 0.120 e. The van der Waals surface area contributed by atoms with Gasteiger partial charge in [-0.3, -0.25) is 0 Å². The molecule has 0 amide bonds. The first-order valence-electron chi connectivity index (χ1n) is 6.82. The van der Waals surface area contributed by atoms with Gasteiger partial charge in [0.1, 0.15) is 5.75 Å². The van der Waals surface area contributed by atoms with Crippen molar-refractivity contribution in [2.24, 2.45) is 5.73 Å². The molecule has 0 spiro atoms. The van der Waals surface area contributed by atoms with E-state index in [1.807, 2.05) is 0 Å². The molecule has 0 aliphatic heterocycles. The van der Waals surface area contributed by atoms with Crippen LogP contribution in [0.1, 0.15) is 50.5 Å². The van der Waals surface area contributed by atoms with Crippen LogP contribution in [-0.2, 0) is 5.54 Å². The van der Waals surface area contributed by atoms with Gasteiger partial charge in [0.15, 0.2) is 0 Å². The number of rotatable bonds is 3. The Balaban J connectivity index is 1.78. The van der Waals surface area contributed by atoms with Crippen molar-refractivity contribution in [2.45, 2.75) is 56.6 Å². The molecule has 1 aromatic carbocycles. The first-order valence-corrected chi connectivity index (χ1v) is 6.82. The van der Waals surface area contributed by atoms with E-state index >= 15 is 0 Å². The molecular formula is C15H21NO. The van der Waals surface area contributed by atoms with Crippen LogP contribution in [0.5, 0.6) is 5.75 Å². The maximum Gasteiger partial charge on any atom is 0.120 e. The lowest BCUT2D eigenvalue weighted by Gasteiger charge is -2.28. The van der Waals surface area contributed by atoms with Crippen LogP contribution < -0.4 is 10.5 Å². The molecule has 17 heavy (non-hydrogen) atoms. The highest BCUT2D eigenvalue weighted by atomic mass is 16.5. The van der Waals surface area contributed by atoms with Gasteiger partial charge in [-0.2, -0.15) is 0 Å². The standard InChI is InChI=1S/C15H21NO/c16-15(9-1-2-10-15)12-5-3-8-14(11-12)17-13-6-4-7-13/h3,5,8,11,13H,1-2,4,6-7,9-10,16H2. The average Bonchev–Trinajstić information content (AvgIpc) is 2.73. The predicted molar refractivity (Wildman–Crippen MR) is 69.0 cm³/mol. The number of benzene rings is 1. The third-order valence-corrected chi connectivity index (χ3v) is 4.26. The first kappa shape index (κ1) is 11.1. The molecule has 0 heterocycles. The third-order valence-electron chi connectivity index (χ3n) is 4.26. The van der Waals surface area contributed by atoms with Gasteiger partial charge in [0.2, 0.25) is 0 Å². The summed E-state index contributed by atoms with van der Waals surface area (Å²) in [5.74, 6) is 1.00. The zero-order valence-electron chi connectivity index (χ0n) is 10.3. The Hall–Kier alpha value is -1.02. The fourth-order valence-corrected chi connectivity index (χ4v) is 2.85. The molecule has 2 N–H and O–H groups in total. The molecule has 0 bridgehead atoms. The molecule has 92 valence electrons. The highest BCUT2D eigenvalue weighted by molar-refractivity contribution is 5.34. The normalized spacial score (nSPS) is 23.4. The summed E-state index contributed by atoms with van der Waals surface area (Å²) in [6, 6.07) is 8.44. The molecule has 1 aromatic rings. The third kappa shape index (κ3) is 2.19. The second-order valence-electron chi connectivity index (χ2n) is 5.56. The van der Waals surface area contributed by atoms with E-state index in [-0.39, 0.29) is 5.54 Å². The summed E-state index contributed by atoms with van der Waals surface area (Å²) in [6.45, 7) is 0. The van der Waals surface area contributed by atoms with Gasteiger partial charge in [-0.15, -0.1) is 0 Å². The van der Waals surface area contributed by atoms with Crippen LogP contribution in [0, 0.1) is 0 Å². The Bertz CT molecular complexity index is 392. The van der Waals surface area contributed by atoms with Crippen LogP contribution >= 0.6 is 0 Å². The fraction of sp³-hybridized carbons (Fsp3) is 0.600. The maximum absolute atomic E-state index is 6.47. The van der Waals surface area contributed by atoms with Crippen molar-refractivity contribution < 1.29 is 4.74 Å². The van der Waals surface area contributed by atoms with Crippen LogP contribution in [0.3, 0.4) is 0 Å². The van der Waals surface area contributed by atoms with E-state index in [1.165, 1.54) is 37.7 Å². The number of hydrogen-bond donors (Lipinski definition) is 1. The van der Waals surface area contributed by atoms with Crippen LogP contribution in [0.15, 0.2) is 24.3 Å². The molecule has 0 atom stereocenters. The second-order valence-corrected chi connectivity index (χ2v) is 5.56. The molecule has 2 aliphatic rings. The second kappa shape index (κ2) is 4.34. The highest BCUT2D eigenvalue weighted by Gasteiger charge is 2.31. The molecule has 2 fully saturated rings. The molecule has 0 unspecified atom stereocenters. The van der Waals surface area contributed by atoms with Crippen molar-refractivity contribution in [3.05, 3.63) is 29.8 Å². The lowest BCUT2D eigenvalue weighted by atomic mass is 9.89. The fourth-order valence-electron chi connectivity index (χ4n) is 2.85. The van der Waals surface area contributed by atoms with Gasteiger partial charge >= 0.3 is 0 Å². The van der Waals surface area contributed by atoms with Crippen molar-refractivity contribution in [3.63, 3.8) is 0 Å². The molecule has 2 nitrogen and oxygen atoms in total. The summed E-state index contributed by atoms with van der Waals surface area (Å²) in [5.41, 5.74) is 7.63. The summed E-state index contributed by atoms with van der Waals surface area (Å²) in [4.78, 5) is 0. The molecule has 0 aromatic heterocycles. The van der Waals surface area contributed by atoms with Crippen LogP contribution in [0.4, 0.5) is 0 Å². The van der Waals surface area contributed by atoms with Gasteiger partial charge < -0.3 is 10.5 Å². The Morgan fingerprint density at radius 3 is 2.53 bits per heavy atom. The average molecular weight is 231 g/mol. The molecule has 2 aliphatic carbocycles. The Morgan fingerprint density at radius 1 is 1.12 bits per heavy atom. The van der Waals surface area contributed by atoms with Crippen molar-refractivity contribution in [1.29, 1.82) is 0 Å². The molecule has 0 saturated heterocycles. The molecular weight excluding hydrogens is 210 g/mol. The van der Waals surface area contributed by atoms with Crippen LogP contribution in [-0.4, -0.2) is 6.10 Å². The minimum absolute atomic E-state index is 0.0982. The topological polar surface area (TPSA) is 35.2 Å². The maximum atomic E-state index is 6.47. The monoisotopic (exact) mass is 231 g/mol. The first-order chi connectivity index (χ1) is 8.26. The van der Waals surface area contributed by atoms with Gasteiger partial charge in [-0.25, -0.2) is 0 Å². The quantitative estimate of drug-likeness (QED) is 0.866. The zero-order valence-corrected chi connectivity index (χ0v) is 10.3. The van der Waals surface area contributed by atoms with E-state index in [1.54, 1.807) is 0 Å². The predicted octanol–water partition coefficient (Wildman–Crippen LogP) is 3.35. The van der Waals surface area contributed by atoms with E-state index in [9.17, 15) is 0 Å². The Morgan fingerprint density at radius 2 is 1.88 bits per heavy atom. The number of ether oxygens (including phenoxy) is 1. The Labute approximate surface area is 103 Å². The van der Waals surface area contributed by atoms with Crippen LogP contribution in [0.2, 0.25) is 0 Å². The lowest BCUT2D eigenvalue weighted by Crippen LogP contribution is -2.33. The van der Waals surface area contributed by atoms with Gasteiger partial charge in [-0.05, 0) is 49.8 Å². The van der Waals surface area contributed by atoms with E-state index in [4.69, 9.17) is 10.5 Å².